The van der Waals surface area contributed by atoms with Crippen molar-refractivity contribution in [3.63, 3.8) is 0 Å². The van der Waals surface area contributed by atoms with Gasteiger partial charge in [0.1, 0.15) is 11.6 Å². The molecule has 18 heavy (non-hydrogen) atoms. The molecule has 0 aromatic heterocycles. The van der Waals surface area contributed by atoms with Crippen LogP contribution in [-0.4, -0.2) is 44.2 Å². The largest absolute Gasteiger partial charge is 0.314 e. The highest BCUT2D eigenvalue weighted by Crippen LogP contribution is 2.09. The molecule has 5 heteroatoms. The molecule has 1 aliphatic rings. The number of piperazine rings is 1. The van der Waals surface area contributed by atoms with Gasteiger partial charge in [0.25, 0.3) is 0 Å². The van der Waals surface area contributed by atoms with Crippen LogP contribution in [0.1, 0.15) is 5.56 Å². The summed E-state index contributed by atoms with van der Waals surface area (Å²) in [7, 11) is 2.08. The van der Waals surface area contributed by atoms with Crippen LogP contribution in [0.15, 0.2) is 18.2 Å². The molecule has 3 nitrogen and oxygen atoms in total. The summed E-state index contributed by atoms with van der Waals surface area (Å²) in [5.74, 6) is -0.760. The van der Waals surface area contributed by atoms with Crippen molar-refractivity contribution in [3.8, 4) is 0 Å². The molecule has 1 aliphatic heterocycles. The number of nitrogens with one attached hydrogen (secondary N) is 2. The van der Waals surface area contributed by atoms with Crippen LogP contribution in [0.3, 0.4) is 0 Å². The Balaban J connectivity index is 1.82. The van der Waals surface area contributed by atoms with Gasteiger partial charge in [0.2, 0.25) is 0 Å². The maximum atomic E-state index is 13.4. The second kappa shape index (κ2) is 6.22. The van der Waals surface area contributed by atoms with E-state index < -0.39 is 5.82 Å². The highest BCUT2D eigenvalue weighted by Gasteiger charge is 2.17. The fraction of sp³-hybridized carbons (Fsp3) is 0.538. The predicted octanol–water partition coefficient (Wildman–Crippen LogP) is 0.958. The van der Waals surface area contributed by atoms with Crippen molar-refractivity contribution >= 4 is 0 Å². The molecule has 0 saturated carbocycles. The van der Waals surface area contributed by atoms with Gasteiger partial charge in [-0.25, -0.2) is 8.78 Å². The van der Waals surface area contributed by atoms with Crippen molar-refractivity contribution in [2.75, 3.05) is 33.2 Å². The fourth-order valence-electron chi connectivity index (χ4n) is 2.14. The van der Waals surface area contributed by atoms with Gasteiger partial charge in [0.05, 0.1) is 0 Å². The van der Waals surface area contributed by atoms with E-state index in [4.69, 9.17) is 0 Å². The maximum Gasteiger partial charge on any atom is 0.127 e. The standard InChI is InChI=1S/C13H19F2N3/c1-18-5-4-16-8-12(18)9-17-7-10-6-11(14)2-3-13(10)15/h2-3,6,12,16-17H,4-5,7-9H2,1H3. The summed E-state index contributed by atoms with van der Waals surface area (Å²) in [6, 6.07) is 3.94. The van der Waals surface area contributed by atoms with E-state index in [9.17, 15) is 8.78 Å². The molecule has 0 bridgehead atoms. The summed E-state index contributed by atoms with van der Waals surface area (Å²) in [6.45, 7) is 4.06. The Morgan fingerprint density at radius 2 is 2.28 bits per heavy atom. The second-order valence-corrected chi connectivity index (χ2v) is 4.71. The fourth-order valence-corrected chi connectivity index (χ4v) is 2.14. The Morgan fingerprint density at radius 3 is 3.06 bits per heavy atom. The van der Waals surface area contributed by atoms with E-state index in [1.54, 1.807) is 0 Å². The SMILES string of the molecule is CN1CCNCC1CNCc1cc(F)ccc1F. The number of rotatable bonds is 4. The summed E-state index contributed by atoms with van der Waals surface area (Å²) < 4.78 is 26.4. The molecule has 1 atom stereocenters. The predicted molar refractivity (Wildman–Crippen MR) is 67.4 cm³/mol. The van der Waals surface area contributed by atoms with Gasteiger partial charge in [0, 0.05) is 44.3 Å². The highest BCUT2D eigenvalue weighted by atomic mass is 19.1. The van der Waals surface area contributed by atoms with Crippen molar-refractivity contribution in [3.05, 3.63) is 35.4 Å². The van der Waals surface area contributed by atoms with Gasteiger partial charge in [-0.05, 0) is 25.2 Å². The Morgan fingerprint density at radius 1 is 1.44 bits per heavy atom. The Bertz CT molecular complexity index is 398. The minimum absolute atomic E-state index is 0.355. The van der Waals surface area contributed by atoms with Crippen LogP contribution in [0.25, 0.3) is 0 Å². The lowest BCUT2D eigenvalue weighted by molar-refractivity contribution is 0.195. The molecule has 2 rings (SSSR count). The summed E-state index contributed by atoms with van der Waals surface area (Å²) in [5, 5.41) is 6.50. The molecule has 2 N–H and O–H groups in total. The average molecular weight is 255 g/mol. The first kappa shape index (κ1) is 13.4. The molecule has 1 saturated heterocycles. The molecule has 0 amide bonds. The number of halogens is 2. The summed E-state index contributed by atoms with van der Waals surface area (Å²) in [4.78, 5) is 2.27. The van der Waals surface area contributed by atoms with Gasteiger partial charge in [-0.3, -0.25) is 4.90 Å². The molecule has 1 fully saturated rings. The quantitative estimate of drug-likeness (QED) is 0.839. The third-order valence-electron chi connectivity index (χ3n) is 3.35. The molecule has 100 valence electrons. The highest BCUT2D eigenvalue weighted by molar-refractivity contribution is 5.18. The van der Waals surface area contributed by atoms with Gasteiger partial charge in [-0.15, -0.1) is 0 Å². The van der Waals surface area contributed by atoms with E-state index in [0.717, 1.165) is 32.2 Å². The molecular weight excluding hydrogens is 236 g/mol. The van der Waals surface area contributed by atoms with Crippen molar-refractivity contribution < 1.29 is 8.78 Å². The van der Waals surface area contributed by atoms with E-state index in [-0.39, 0.29) is 5.82 Å². The third kappa shape index (κ3) is 3.48. The topological polar surface area (TPSA) is 27.3 Å². The van der Waals surface area contributed by atoms with Crippen LogP contribution in [0.5, 0.6) is 0 Å². The molecular formula is C13H19F2N3. The van der Waals surface area contributed by atoms with Crippen LogP contribution < -0.4 is 10.6 Å². The van der Waals surface area contributed by atoms with Crippen LogP contribution in [0.2, 0.25) is 0 Å². The first-order valence-electron chi connectivity index (χ1n) is 6.22. The summed E-state index contributed by atoms with van der Waals surface area (Å²) in [5.41, 5.74) is 0.376. The Kier molecular flexibility index (Phi) is 4.63. The number of likely N-dealkylation sites (N-methyl/N-ethyl adjacent to an activating group) is 1. The lowest BCUT2D eigenvalue weighted by atomic mass is 10.1. The number of hydrogen-bond acceptors (Lipinski definition) is 3. The normalized spacial score (nSPS) is 21.2. The van der Waals surface area contributed by atoms with E-state index >= 15 is 0 Å². The third-order valence-corrected chi connectivity index (χ3v) is 3.35. The van der Waals surface area contributed by atoms with Crippen LogP contribution in [0, 0.1) is 11.6 Å². The first-order chi connectivity index (χ1) is 8.66. The Hall–Kier alpha value is -1.04. The monoisotopic (exact) mass is 255 g/mol. The van der Waals surface area contributed by atoms with E-state index in [1.807, 2.05) is 0 Å². The molecule has 1 unspecified atom stereocenters. The Labute approximate surface area is 106 Å². The number of benzene rings is 1. The summed E-state index contributed by atoms with van der Waals surface area (Å²) >= 11 is 0. The second-order valence-electron chi connectivity index (χ2n) is 4.71. The van der Waals surface area contributed by atoms with E-state index in [0.29, 0.717) is 18.2 Å². The van der Waals surface area contributed by atoms with Crippen molar-refractivity contribution in [1.82, 2.24) is 15.5 Å². The lowest BCUT2D eigenvalue weighted by Gasteiger charge is -2.33. The van der Waals surface area contributed by atoms with Gasteiger partial charge in [-0.2, -0.15) is 0 Å². The maximum absolute atomic E-state index is 13.4. The molecule has 0 spiro atoms. The van der Waals surface area contributed by atoms with Crippen LogP contribution in [0.4, 0.5) is 8.78 Å². The first-order valence-corrected chi connectivity index (χ1v) is 6.22. The van der Waals surface area contributed by atoms with Gasteiger partial charge >= 0.3 is 0 Å². The molecule has 1 aromatic rings. The van der Waals surface area contributed by atoms with Crippen LogP contribution in [-0.2, 0) is 6.54 Å². The van der Waals surface area contributed by atoms with E-state index in [2.05, 4.69) is 22.6 Å². The van der Waals surface area contributed by atoms with Crippen molar-refractivity contribution in [2.45, 2.75) is 12.6 Å². The molecule has 1 aromatic carbocycles. The minimum Gasteiger partial charge on any atom is -0.314 e. The number of hydrogen-bond donors (Lipinski definition) is 2. The van der Waals surface area contributed by atoms with Crippen molar-refractivity contribution in [1.29, 1.82) is 0 Å². The zero-order valence-electron chi connectivity index (χ0n) is 10.5. The molecule has 1 heterocycles. The van der Waals surface area contributed by atoms with E-state index in [1.165, 1.54) is 12.1 Å². The van der Waals surface area contributed by atoms with Gasteiger partial charge in [0.15, 0.2) is 0 Å². The molecule has 0 radical (unpaired) electrons. The minimum atomic E-state index is -0.398. The van der Waals surface area contributed by atoms with Crippen LogP contribution >= 0.6 is 0 Å². The lowest BCUT2D eigenvalue weighted by Crippen LogP contribution is -2.53. The smallest absolute Gasteiger partial charge is 0.127 e. The zero-order valence-corrected chi connectivity index (χ0v) is 10.5. The van der Waals surface area contributed by atoms with Crippen molar-refractivity contribution in [2.24, 2.45) is 0 Å². The zero-order chi connectivity index (χ0) is 13.0. The molecule has 0 aliphatic carbocycles. The number of nitrogens with zero attached hydrogens (tertiary/aromatic N) is 1. The average Bonchev–Trinajstić information content (AvgIpc) is 2.36. The summed E-state index contributed by atoms with van der Waals surface area (Å²) in [6.07, 6.45) is 0. The van der Waals surface area contributed by atoms with Gasteiger partial charge < -0.3 is 10.6 Å². The van der Waals surface area contributed by atoms with Gasteiger partial charge in [-0.1, -0.05) is 0 Å².